The van der Waals surface area contributed by atoms with Crippen LogP contribution in [0.1, 0.15) is 32.1 Å². The Bertz CT molecular complexity index is 303. The molecule has 1 aliphatic heterocycles. The van der Waals surface area contributed by atoms with Gasteiger partial charge >= 0.3 is 0 Å². The minimum atomic E-state index is -0.138. The van der Waals surface area contributed by atoms with Gasteiger partial charge in [0.25, 0.3) is 0 Å². The molecule has 2 atom stereocenters. The number of hydrogen-bond donors (Lipinski definition) is 0. The third-order valence-corrected chi connectivity index (χ3v) is 3.07. The zero-order valence-corrected chi connectivity index (χ0v) is 7.90. The van der Waals surface area contributed by atoms with Gasteiger partial charge in [0.1, 0.15) is 0 Å². The first kappa shape index (κ1) is 9.20. The number of rotatable bonds is 1. The summed E-state index contributed by atoms with van der Waals surface area (Å²) in [5.41, 5.74) is 0. The lowest BCUT2D eigenvalue weighted by atomic mass is 10.0. The summed E-state index contributed by atoms with van der Waals surface area (Å²) in [5.74, 6) is -0.328. The smallest absolute Gasteiger partial charge is 0.229 e. The minimum Gasteiger partial charge on any atom is -0.278 e. The summed E-state index contributed by atoms with van der Waals surface area (Å²) >= 11 is 0. The highest BCUT2D eigenvalue weighted by atomic mass is 16.2. The molecule has 0 radical (unpaired) electrons. The second-order valence-corrected chi connectivity index (χ2v) is 3.89. The Morgan fingerprint density at radius 3 is 2.43 bits per heavy atom. The van der Waals surface area contributed by atoms with E-state index in [1.165, 1.54) is 4.90 Å². The van der Waals surface area contributed by atoms with E-state index in [0.29, 0.717) is 12.8 Å². The first-order valence-corrected chi connectivity index (χ1v) is 4.98. The number of imide groups is 1. The van der Waals surface area contributed by atoms with Gasteiger partial charge in [-0.15, -0.1) is 0 Å². The van der Waals surface area contributed by atoms with Gasteiger partial charge in [-0.1, -0.05) is 0 Å². The van der Waals surface area contributed by atoms with Crippen molar-refractivity contribution in [3.8, 4) is 6.07 Å². The molecule has 1 aliphatic carbocycles. The van der Waals surface area contributed by atoms with Crippen LogP contribution in [0, 0.1) is 17.2 Å². The predicted octanol–water partition coefficient (Wildman–Crippen LogP) is 0.828. The van der Waals surface area contributed by atoms with Gasteiger partial charge in [-0.2, -0.15) is 5.26 Å². The number of carbonyl (C=O) groups is 2. The van der Waals surface area contributed by atoms with Crippen LogP contribution in [-0.4, -0.2) is 22.8 Å². The van der Waals surface area contributed by atoms with Gasteiger partial charge in [-0.3, -0.25) is 14.5 Å². The van der Waals surface area contributed by atoms with Crippen LogP contribution in [0.25, 0.3) is 0 Å². The predicted molar refractivity (Wildman–Crippen MR) is 47.8 cm³/mol. The van der Waals surface area contributed by atoms with Crippen LogP contribution < -0.4 is 0 Å². The number of hydrogen-bond acceptors (Lipinski definition) is 3. The molecule has 1 saturated heterocycles. The standard InChI is InChI=1S/C10H12N2O2/c11-6-7-2-1-3-8(7)12-9(13)4-5-10(12)14/h7-8H,1-5H2. The molecule has 2 unspecified atom stereocenters. The van der Waals surface area contributed by atoms with Gasteiger partial charge in [0.2, 0.25) is 11.8 Å². The van der Waals surface area contributed by atoms with E-state index in [9.17, 15) is 9.59 Å². The fraction of sp³-hybridized carbons (Fsp3) is 0.700. The van der Waals surface area contributed by atoms with Crippen molar-refractivity contribution in [1.82, 2.24) is 4.90 Å². The Morgan fingerprint density at radius 1 is 1.21 bits per heavy atom. The molecule has 1 heterocycles. The van der Waals surface area contributed by atoms with Gasteiger partial charge in [-0.25, -0.2) is 0 Å². The number of nitriles is 1. The molecule has 4 nitrogen and oxygen atoms in total. The average molecular weight is 192 g/mol. The van der Waals surface area contributed by atoms with E-state index in [1.807, 2.05) is 0 Å². The summed E-state index contributed by atoms with van der Waals surface area (Å²) in [7, 11) is 0. The first-order chi connectivity index (χ1) is 6.74. The number of carbonyl (C=O) groups excluding carboxylic acids is 2. The molecule has 74 valence electrons. The first-order valence-electron chi connectivity index (χ1n) is 4.98. The fourth-order valence-electron chi connectivity index (χ4n) is 2.36. The van der Waals surface area contributed by atoms with Crippen LogP contribution >= 0.6 is 0 Å². The minimum absolute atomic E-state index is 0.0952. The van der Waals surface area contributed by atoms with Crippen LogP contribution in [0.15, 0.2) is 0 Å². The molecule has 0 spiro atoms. The van der Waals surface area contributed by atoms with E-state index >= 15 is 0 Å². The molecule has 0 aromatic heterocycles. The Morgan fingerprint density at radius 2 is 1.86 bits per heavy atom. The van der Waals surface area contributed by atoms with Crippen LogP contribution in [0.5, 0.6) is 0 Å². The summed E-state index contributed by atoms with van der Waals surface area (Å²) in [6.45, 7) is 0. The van der Waals surface area contributed by atoms with Crippen molar-refractivity contribution in [3.05, 3.63) is 0 Å². The zero-order chi connectivity index (χ0) is 10.1. The lowest BCUT2D eigenvalue weighted by molar-refractivity contribution is -0.141. The molecule has 2 amide bonds. The van der Waals surface area contributed by atoms with Crippen molar-refractivity contribution in [2.24, 2.45) is 5.92 Å². The molecule has 0 bridgehead atoms. The Kier molecular flexibility index (Phi) is 2.24. The molecule has 14 heavy (non-hydrogen) atoms. The third kappa shape index (κ3) is 1.29. The van der Waals surface area contributed by atoms with Gasteiger partial charge in [-0.05, 0) is 19.3 Å². The Balaban J connectivity index is 2.18. The third-order valence-electron chi connectivity index (χ3n) is 3.07. The van der Waals surface area contributed by atoms with Crippen LogP contribution in [-0.2, 0) is 9.59 Å². The van der Waals surface area contributed by atoms with Gasteiger partial charge in [0, 0.05) is 12.8 Å². The quantitative estimate of drug-likeness (QED) is 0.578. The van der Waals surface area contributed by atoms with Crippen molar-refractivity contribution in [1.29, 1.82) is 5.26 Å². The van der Waals surface area contributed by atoms with E-state index in [0.717, 1.165) is 19.3 Å². The molecule has 2 fully saturated rings. The largest absolute Gasteiger partial charge is 0.278 e. The summed E-state index contributed by atoms with van der Waals surface area (Å²) in [4.78, 5) is 24.2. The summed E-state index contributed by atoms with van der Waals surface area (Å²) < 4.78 is 0. The SMILES string of the molecule is N#CC1CCCC1N1C(=O)CCC1=O. The van der Waals surface area contributed by atoms with Crippen molar-refractivity contribution in [2.75, 3.05) is 0 Å². The maximum absolute atomic E-state index is 11.4. The Labute approximate surface area is 82.5 Å². The zero-order valence-electron chi connectivity index (χ0n) is 7.90. The second-order valence-electron chi connectivity index (χ2n) is 3.89. The van der Waals surface area contributed by atoms with Gasteiger partial charge in [0.05, 0.1) is 18.0 Å². The molecule has 0 aromatic carbocycles. The molecular weight excluding hydrogens is 180 g/mol. The van der Waals surface area contributed by atoms with E-state index in [4.69, 9.17) is 5.26 Å². The number of nitrogens with zero attached hydrogens (tertiary/aromatic N) is 2. The highest BCUT2D eigenvalue weighted by Crippen LogP contribution is 2.32. The van der Waals surface area contributed by atoms with E-state index < -0.39 is 0 Å². The topological polar surface area (TPSA) is 61.2 Å². The number of likely N-dealkylation sites (tertiary alicyclic amines) is 1. The van der Waals surface area contributed by atoms with Crippen molar-refractivity contribution in [2.45, 2.75) is 38.1 Å². The summed E-state index contributed by atoms with van der Waals surface area (Å²) in [6.07, 6.45) is 3.22. The molecule has 1 saturated carbocycles. The highest BCUT2D eigenvalue weighted by molar-refractivity contribution is 6.02. The maximum Gasteiger partial charge on any atom is 0.229 e. The monoisotopic (exact) mass is 192 g/mol. The van der Waals surface area contributed by atoms with E-state index in [2.05, 4.69) is 6.07 Å². The normalized spacial score (nSPS) is 32.4. The lowest BCUT2D eigenvalue weighted by Crippen LogP contribution is -2.41. The van der Waals surface area contributed by atoms with Gasteiger partial charge < -0.3 is 0 Å². The van der Waals surface area contributed by atoms with Crippen molar-refractivity contribution in [3.63, 3.8) is 0 Å². The second kappa shape index (κ2) is 3.41. The lowest BCUT2D eigenvalue weighted by Gasteiger charge is -2.23. The van der Waals surface area contributed by atoms with Crippen molar-refractivity contribution < 1.29 is 9.59 Å². The van der Waals surface area contributed by atoms with Crippen LogP contribution in [0.2, 0.25) is 0 Å². The fourth-order valence-corrected chi connectivity index (χ4v) is 2.36. The van der Waals surface area contributed by atoms with Crippen LogP contribution in [0.4, 0.5) is 0 Å². The highest BCUT2D eigenvalue weighted by Gasteiger charge is 2.41. The molecule has 4 heteroatoms. The Hall–Kier alpha value is -1.37. The summed E-state index contributed by atoms with van der Waals surface area (Å²) in [6, 6.07) is 2.05. The molecule has 0 aromatic rings. The van der Waals surface area contributed by atoms with Crippen molar-refractivity contribution >= 4 is 11.8 Å². The number of amides is 2. The summed E-state index contributed by atoms with van der Waals surface area (Å²) in [5, 5.41) is 8.87. The van der Waals surface area contributed by atoms with Crippen LogP contribution in [0.3, 0.4) is 0 Å². The molecule has 0 N–H and O–H groups in total. The van der Waals surface area contributed by atoms with E-state index in [1.54, 1.807) is 0 Å². The molecule has 2 aliphatic rings. The molecular formula is C10H12N2O2. The van der Waals surface area contributed by atoms with E-state index in [-0.39, 0.29) is 23.8 Å². The molecule has 2 rings (SSSR count). The van der Waals surface area contributed by atoms with Gasteiger partial charge in [0.15, 0.2) is 0 Å². The maximum atomic E-state index is 11.4. The average Bonchev–Trinajstić information content (AvgIpc) is 2.73.